The van der Waals surface area contributed by atoms with Gasteiger partial charge in [-0.2, -0.15) is 0 Å². The minimum absolute atomic E-state index is 0.145. The largest absolute Gasteiger partial charge is 0.780 e. The Hall–Kier alpha value is -1.63. The van der Waals surface area contributed by atoms with E-state index in [0.717, 1.165) is 5.06 Å². The first kappa shape index (κ1) is 13.4. The van der Waals surface area contributed by atoms with Crippen LogP contribution in [0.5, 0.6) is 0 Å². The molecule has 0 spiro atoms. The molecule has 0 bridgehead atoms. The molecule has 0 amide bonds. The van der Waals surface area contributed by atoms with E-state index in [0.29, 0.717) is 6.42 Å². The van der Waals surface area contributed by atoms with Crippen LogP contribution < -0.4 is 0 Å². The quantitative estimate of drug-likeness (QED) is 0.509. The number of hydrogen-bond donors (Lipinski definition) is 0. The van der Waals surface area contributed by atoms with Gasteiger partial charge in [-0.3, -0.25) is 0 Å². The monoisotopic (exact) mass is 204 g/mol. The molecule has 0 atom stereocenters. The number of hydroxylamine groups is 2. The number of rotatable bonds is 5. The average Bonchev–Trinajstić information content (AvgIpc) is 2.20. The Morgan fingerprint density at radius 3 is 2.60 bits per heavy atom. The molecule has 0 aromatic carbocycles. The highest BCUT2D eigenvalue weighted by Crippen LogP contribution is 1.85. The molecule has 0 aliphatic carbocycles. The van der Waals surface area contributed by atoms with Gasteiger partial charge in [0.1, 0.15) is 0 Å². The lowest BCUT2D eigenvalue weighted by atomic mass is 10.3. The van der Waals surface area contributed by atoms with E-state index in [2.05, 4.69) is 17.5 Å². The first-order valence-electron chi connectivity index (χ1n) is 4.66. The summed E-state index contributed by atoms with van der Waals surface area (Å²) in [5, 5.41) is 11.2. The second kappa shape index (κ2) is 10.5. The summed E-state index contributed by atoms with van der Waals surface area (Å²) in [6.07, 6.45) is 13.7. The Bertz CT molecular complexity index is 303. The van der Waals surface area contributed by atoms with E-state index in [1.807, 2.05) is 36.5 Å². The molecule has 0 aromatic heterocycles. The molecule has 0 aromatic rings. The van der Waals surface area contributed by atoms with E-state index in [1.165, 1.54) is 7.05 Å². The molecule has 3 heteroatoms. The average molecular weight is 204 g/mol. The molecule has 0 radical (unpaired) electrons. The smallest absolute Gasteiger partial charge is 0.308 e. The zero-order chi connectivity index (χ0) is 11.4. The zero-order valence-electron chi connectivity index (χ0n) is 8.97. The zero-order valence-corrected chi connectivity index (χ0v) is 8.97. The van der Waals surface area contributed by atoms with Crippen LogP contribution in [0.25, 0.3) is 4.85 Å². The molecule has 0 aliphatic rings. The van der Waals surface area contributed by atoms with Crippen LogP contribution in [-0.2, 0) is 0 Å². The van der Waals surface area contributed by atoms with E-state index in [4.69, 9.17) is 0 Å². The van der Waals surface area contributed by atoms with Crippen LogP contribution in [0.4, 0.5) is 0 Å². The van der Waals surface area contributed by atoms with Crippen LogP contribution in [0.2, 0.25) is 0 Å². The highest BCUT2D eigenvalue weighted by atomic mass is 16.5. The lowest BCUT2D eigenvalue weighted by Crippen LogP contribution is -2.06. The minimum Gasteiger partial charge on any atom is -0.780 e. The van der Waals surface area contributed by atoms with Gasteiger partial charge in [-0.15, -0.1) is 0 Å². The third-order valence-electron chi connectivity index (χ3n) is 1.31. The Kier molecular flexibility index (Phi) is 9.32. The van der Waals surface area contributed by atoms with Gasteiger partial charge in [0.25, 0.3) is 6.07 Å². The molecular weight excluding hydrogens is 188 g/mol. The highest BCUT2D eigenvalue weighted by molar-refractivity contribution is 5.15. The fraction of sp³-hybridized carbons (Fsp3) is 0.250. The lowest BCUT2D eigenvalue weighted by Gasteiger charge is -2.09. The summed E-state index contributed by atoms with van der Waals surface area (Å²) in [5.74, 6) is 0. The van der Waals surface area contributed by atoms with Crippen LogP contribution in [-0.4, -0.2) is 18.8 Å². The molecule has 0 rings (SSSR count). The fourth-order valence-corrected chi connectivity index (χ4v) is 0.684. The normalized spacial score (nSPS) is 11.4. The molecule has 0 heterocycles. The maximum absolute atomic E-state index is 10.4. The van der Waals surface area contributed by atoms with Crippen molar-refractivity contribution < 1.29 is 0 Å². The van der Waals surface area contributed by atoms with E-state index in [-0.39, 0.29) is 6.67 Å². The third-order valence-corrected chi connectivity index (χ3v) is 1.31. The molecule has 0 aliphatic heterocycles. The number of nitrogens with zero attached hydrogens (tertiary/aromatic N) is 2. The molecule has 0 N–H and O–H groups in total. The second-order valence-corrected chi connectivity index (χ2v) is 2.72. The summed E-state index contributed by atoms with van der Waals surface area (Å²) >= 11 is 0. The Labute approximate surface area is 91.1 Å². The molecule has 0 unspecified atom stereocenters. The van der Waals surface area contributed by atoms with E-state index in [1.54, 1.807) is 6.08 Å². The summed E-state index contributed by atoms with van der Waals surface area (Å²) in [5.41, 5.74) is 0. The molecule has 0 saturated heterocycles. The van der Waals surface area contributed by atoms with Crippen molar-refractivity contribution in [1.82, 2.24) is 5.06 Å². The predicted octanol–water partition coefficient (Wildman–Crippen LogP) is 2.95. The predicted molar refractivity (Wildman–Crippen MR) is 65.5 cm³/mol. The van der Waals surface area contributed by atoms with Crippen molar-refractivity contribution in [2.75, 3.05) is 13.7 Å². The fourth-order valence-electron chi connectivity index (χ4n) is 0.684. The number of allylic oxidation sites excluding steroid dienone is 7. The van der Waals surface area contributed by atoms with Crippen molar-refractivity contribution in [2.24, 2.45) is 0 Å². The Morgan fingerprint density at radius 1 is 1.27 bits per heavy atom. The van der Waals surface area contributed by atoms with Crippen molar-refractivity contribution in [3.05, 3.63) is 59.2 Å². The van der Waals surface area contributed by atoms with Gasteiger partial charge in [0.15, 0.2) is 0 Å². The molecular formula is C12H16N2O. The van der Waals surface area contributed by atoms with Gasteiger partial charge in [0, 0.05) is 0 Å². The van der Waals surface area contributed by atoms with E-state index < -0.39 is 0 Å². The SMILES string of the molecule is C=C\C=C/C=C\C=C/CC#[N+]CN(C)[O-]. The highest BCUT2D eigenvalue weighted by Gasteiger charge is 1.85. The molecule has 80 valence electrons. The molecule has 0 fully saturated rings. The van der Waals surface area contributed by atoms with Crippen LogP contribution in [0, 0.1) is 11.3 Å². The van der Waals surface area contributed by atoms with Crippen molar-refractivity contribution in [3.8, 4) is 6.07 Å². The van der Waals surface area contributed by atoms with Crippen molar-refractivity contribution in [2.45, 2.75) is 6.42 Å². The Morgan fingerprint density at radius 2 is 1.93 bits per heavy atom. The molecule has 0 saturated carbocycles. The lowest BCUT2D eigenvalue weighted by molar-refractivity contribution is 0.511. The van der Waals surface area contributed by atoms with Gasteiger partial charge < -0.3 is 10.3 Å². The van der Waals surface area contributed by atoms with Crippen LogP contribution in [0.3, 0.4) is 0 Å². The summed E-state index contributed by atoms with van der Waals surface area (Å²) in [7, 11) is 1.43. The molecule has 3 nitrogen and oxygen atoms in total. The first-order valence-corrected chi connectivity index (χ1v) is 4.66. The molecule has 15 heavy (non-hydrogen) atoms. The van der Waals surface area contributed by atoms with E-state index >= 15 is 0 Å². The van der Waals surface area contributed by atoms with Crippen molar-refractivity contribution in [1.29, 1.82) is 0 Å². The van der Waals surface area contributed by atoms with Crippen LogP contribution in [0.15, 0.2) is 49.1 Å². The summed E-state index contributed by atoms with van der Waals surface area (Å²) in [4.78, 5) is 3.78. The summed E-state index contributed by atoms with van der Waals surface area (Å²) < 4.78 is 0. The van der Waals surface area contributed by atoms with Crippen molar-refractivity contribution >= 4 is 0 Å². The maximum atomic E-state index is 10.4. The van der Waals surface area contributed by atoms with E-state index in [9.17, 15) is 5.21 Å². The Balaban J connectivity index is 3.61. The standard InChI is InChI=1S/C12H16N2O/c1-3-4-5-6-7-8-9-10-11-13-12-14(2)15/h3-9H,1,10,12H2,2H3/b5-4-,7-6-,9-8-. The minimum atomic E-state index is 0.145. The maximum Gasteiger partial charge on any atom is 0.308 e. The van der Waals surface area contributed by atoms with Crippen LogP contribution in [0.1, 0.15) is 6.42 Å². The van der Waals surface area contributed by atoms with Gasteiger partial charge in [-0.25, -0.2) is 0 Å². The topological polar surface area (TPSA) is 30.7 Å². The summed E-state index contributed by atoms with van der Waals surface area (Å²) in [6, 6.07) is 2.75. The van der Waals surface area contributed by atoms with Gasteiger partial charge in [-0.1, -0.05) is 54.0 Å². The number of hydrogen-bond acceptors (Lipinski definition) is 2. The third kappa shape index (κ3) is 12.4. The summed E-state index contributed by atoms with van der Waals surface area (Å²) in [6.45, 7) is 3.70. The van der Waals surface area contributed by atoms with Gasteiger partial charge >= 0.3 is 6.67 Å². The van der Waals surface area contributed by atoms with Crippen molar-refractivity contribution in [3.63, 3.8) is 0 Å². The van der Waals surface area contributed by atoms with Gasteiger partial charge in [0.2, 0.25) is 0 Å². The second-order valence-electron chi connectivity index (χ2n) is 2.72. The first-order chi connectivity index (χ1) is 7.27. The van der Waals surface area contributed by atoms with Gasteiger partial charge in [-0.05, 0) is 7.05 Å². The van der Waals surface area contributed by atoms with Gasteiger partial charge in [0.05, 0.1) is 6.42 Å². The van der Waals surface area contributed by atoms with Crippen LogP contribution >= 0.6 is 0 Å².